The molecule has 0 amide bonds. The van der Waals surface area contributed by atoms with Crippen molar-refractivity contribution >= 4 is 19.7 Å². The summed E-state index contributed by atoms with van der Waals surface area (Å²) in [4.78, 5) is 4.02. The molecule has 1 aromatic carbocycles. The topological polar surface area (TPSA) is 61.2 Å². The molecule has 0 N–H and O–H groups in total. The number of aryl methyl sites for hydroxylation is 1. The number of ether oxygens (including phenoxy) is 1. The molecule has 5 nitrogen and oxygen atoms in total. The Labute approximate surface area is 109 Å². The van der Waals surface area contributed by atoms with Crippen LogP contribution in [0.4, 0.5) is 0 Å². The molecule has 0 unspecified atom stereocenters. The lowest BCUT2D eigenvalue weighted by Gasteiger charge is -2.06. The molecule has 0 saturated heterocycles. The molecule has 2 aromatic rings. The number of hydrogen-bond donors (Lipinski definition) is 0. The highest BCUT2D eigenvalue weighted by molar-refractivity contribution is 8.13. The molecule has 18 heavy (non-hydrogen) atoms. The van der Waals surface area contributed by atoms with E-state index in [1.54, 1.807) is 24.7 Å². The summed E-state index contributed by atoms with van der Waals surface area (Å²) in [5, 5.41) is 0. The van der Waals surface area contributed by atoms with Crippen molar-refractivity contribution in [2.75, 3.05) is 0 Å². The van der Waals surface area contributed by atoms with Gasteiger partial charge in [-0.1, -0.05) is 0 Å². The Morgan fingerprint density at radius 1 is 1.33 bits per heavy atom. The van der Waals surface area contributed by atoms with E-state index in [4.69, 9.17) is 15.4 Å². The first-order chi connectivity index (χ1) is 8.47. The van der Waals surface area contributed by atoms with Crippen molar-refractivity contribution in [2.45, 2.75) is 11.5 Å². The van der Waals surface area contributed by atoms with Crippen LogP contribution in [0.5, 0.6) is 5.75 Å². The normalized spacial score (nSPS) is 11.4. The number of hydrogen-bond acceptors (Lipinski definition) is 4. The van der Waals surface area contributed by atoms with Crippen LogP contribution >= 0.6 is 10.7 Å². The summed E-state index contributed by atoms with van der Waals surface area (Å²) < 4.78 is 29.4. The molecule has 0 aliphatic rings. The molecule has 0 bridgehead atoms. The highest BCUT2D eigenvalue weighted by Gasteiger charge is 2.09. The van der Waals surface area contributed by atoms with Crippen LogP contribution in [-0.4, -0.2) is 18.0 Å². The predicted molar refractivity (Wildman–Crippen MR) is 67.0 cm³/mol. The second-order valence-electron chi connectivity index (χ2n) is 3.69. The van der Waals surface area contributed by atoms with Gasteiger partial charge in [-0.15, -0.1) is 0 Å². The molecule has 0 radical (unpaired) electrons. The molecule has 0 fully saturated rings. The van der Waals surface area contributed by atoms with Gasteiger partial charge in [-0.2, -0.15) is 0 Å². The summed E-state index contributed by atoms with van der Waals surface area (Å²) in [6, 6.07) is 5.93. The molecule has 1 aromatic heterocycles. The highest BCUT2D eigenvalue weighted by atomic mass is 35.7. The van der Waals surface area contributed by atoms with Gasteiger partial charge in [0.05, 0.1) is 23.1 Å². The van der Waals surface area contributed by atoms with Crippen LogP contribution < -0.4 is 4.74 Å². The van der Waals surface area contributed by atoms with E-state index in [1.165, 1.54) is 12.1 Å². The molecular weight excluding hydrogens is 276 g/mol. The Morgan fingerprint density at radius 3 is 2.50 bits per heavy atom. The lowest BCUT2D eigenvalue weighted by molar-refractivity contribution is 0.297. The molecule has 0 spiro atoms. The summed E-state index contributed by atoms with van der Waals surface area (Å²) in [5.74, 6) is 0.570. The van der Waals surface area contributed by atoms with Crippen LogP contribution in [-0.2, 0) is 22.7 Å². The van der Waals surface area contributed by atoms with Crippen LogP contribution in [0.15, 0.2) is 41.7 Å². The van der Waals surface area contributed by atoms with Gasteiger partial charge in [-0.25, -0.2) is 13.4 Å². The zero-order chi connectivity index (χ0) is 13.2. The fourth-order valence-electron chi connectivity index (χ4n) is 1.38. The number of rotatable bonds is 4. The molecular formula is C11H11ClN2O3S. The Morgan fingerprint density at radius 2 is 2.00 bits per heavy atom. The van der Waals surface area contributed by atoms with Gasteiger partial charge in [0.2, 0.25) is 0 Å². The average Bonchev–Trinajstić information content (AvgIpc) is 2.72. The molecule has 7 heteroatoms. The predicted octanol–water partition coefficient (Wildman–Crippen LogP) is 1.93. The fraction of sp³-hybridized carbons (Fsp3) is 0.182. The second-order valence-corrected chi connectivity index (χ2v) is 6.26. The number of halogens is 1. The van der Waals surface area contributed by atoms with E-state index in [-0.39, 0.29) is 4.90 Å². The number of imidazole rings is 1. The van der Waals surface area contributed by atoms with Crippen molar-refractivity contribution in [1.29, 1.82) is 0 Å². The zero-order valence-corrected chi connectivity index (χ0v) is 11.1. The van der Waals surface area contributed by atoms with Crippen molar-refractivity contribution in [3.63, 3.8) is 0 Å². The maximum absolute atomic E-state index is 11.0. The van der Waals surface area contributed by atoms with Gasteiger partial charge < -0.3 is 9.30 Å². The minimum atomic E-state index is -3.68. The van der Waals surface area contributed by atoms with Crippen molar-refractivity contribution < 1.29 is 13.2 Å². The smallest absolute Gasteiger partial charge is 0.261 e. The lowest BCUT2D eigenvalue weighted by atomic mass is 10.3. The Kier molecular flexibility index (Phi) is 3.58. The van der Waals surface area contributed by atoms with E-state index in [0.717, 1.165) is 5.69 Å². The van der Waals surface area contributed by atoms with Crippen LogP contribution in [0.3, 0.4) is 0 Å². The van der Waals surface area contributed by atoms with Crippen molar-refractivity contribution in [3.8, 4) is 5.75 Å². The maximum atomic E-state index is 11.0. The lowest BCUT2D eigenvalue weighted by Crippen LogP contribution is -2.01. The van der Waals surface area contributed by atoms with E-state index in [0.29, 0.717) is 12.4 Å². The standard InChI is InChI=1S/C11H11ClN2O3S/c1-14-8-13-6-9(14)7-17-10-2-4-11(5-3-10)18(12,15)16/h2-6,8H,7H2,1H3. The molecule has 0 aliphatic carbocycles. The maximum Gasteiger partial charge on any atom is 0.261 e. The minimum absolute atomic E-state index is 0.0528. The van der Waals surface area contributed by atoms with E-state index < -0.39 is 9.05 Å². The van der Waals surface area contributed by atoms with E-state index in [9.17, 15) is 8.42 Å². The Bertz CT molecular complexity index is 635. The first kappa shape index (κ1) is 12.9. The van der Waals surface area contributed by atoms with Crippen molar-refractivity contribution in [3.05, 3.63) is 42.5 Å². The van der Waals surface area contributed by atoms with Gasteiger partial charge in [0, 0.05) is 17.7 Å². The molecule has 0 atom stereocenters. The van der Waals surface area contributed by atoms with Crippen LogP contribution in [0, 0.1) is 0 Å². The number of benzene rings is 1. The van der Waals surface area contributed by atoms with Gasteiger partial charge in [0.15, 0.2) is 0 Å². The third-order valence-electron chi connectivity index (χ3n) is 2.41. The molecule has 1 heterocycles. The number of nitrogens with zero attached hydrogens (tertiary/aromatic N) is 2. The van der Waals surface area contributed by atoms with Gasteiger partial charge >= 0.3 is 0 Å². The van der Waals surface area contributed by atoms with E-state index >= 15 is 0 Å². The van der Waals surface area contributed by atoms with Gasteiger partial charge in [0.1, 0.15) is 12.4 Å². The summed E-state index contributed by atoms with van der Waals surface area (Å²) >= 11 is 0. The van der Waals surface area contributed by atoms with E-state index in [1.807, 2.05) is 11.6 Å². The van der Waals surface area contributed by atoms with Gasteiger partial charge in [-0.05, 0) is 24.3 Å². The average molecular weight is 287 g/mol. The molecule has 0 saturated carbocycles. The van der Waals surface area contributed by atoms with Crippen LogP contribution in [0.1, 0.15) is 5.69 Å². The van der Waals surface area contributed by atoms with Crippen molar-refractivity contribution in [2.24, 2.45) is 7.05 Å². The molecule has 96 valence electrons. The molecule has 2 rings (SSSR count). The third-order valence-corrected chi connectivity index (χ3v) is 3.78. The van der Waals surface area contributed by atoms with E-state index in [2.05, 4.69) is 4.98 Å². The SMILES string of the molecule is Cn1cncc1COc1ccc(S(=O)(=O)Cl)cc1. The largest absolute Gasteiger partial charge is 0.487 e. The first-order valence-corrected chi connectivity index (χ1v) is 7.40. The number of aromatic nitrogens is 2. The summed E-state index contributed by atoms with van der Waals surface area (Å²) in [7, 11) is 3.40. The van der Waals surface area contributed by atoms with Crippen LogP contribution in [0.2, 0.25) is 0 Å². The van der Waals surface area contributed by atoms with Gasteiger partial charge in [-0.3, -0.25) is 0 Å². The Hall–Kier alpha value is -1.53. The monoisotopic (exact) mass is 286 g/mol. The molecule has 0 aliphatic heterocycles. The summed E-state index contributed by atoms with van der Waals surface area (Å²) in [6.07, 6.45) is 3.39. The minimum Gasteiger partial charge on any atom is -0.487 e. The third kappa shape index (κ3) is 3.02. The van der Waals surface area contributed by atoms with Crippen LogP contribution in [0.25, 0.3) is 0 Å². The fourth-order valence-corrected chi connectivity index (χ4v) is 2.15. The van der Waals surface area contributed by atoms with Gasteiger partial charge in [0.25, 0.3) is 9.05 Å². The zero-order valence-electron chi connectivity index (χ0n) is 9.58. The second kappa shape index (κ2) is 4.99. The first-order valence-electron chi connectivity index (χ1n) is 5.09. The summed E-state index contributed by atoms with van der Waals surface area (Å²) in [6.45, 7) is 0.365. The van der Waals surface area contributed by atoms with Crippen molar-refractivity contribution in [1.82, 2.24) is 9.55 Å². The quantitative estimate of drug-likeness (QED) is 0.806. The Balaban J connectivity index is 2.05. The highest BCUT2D eigenvalue weighted by Crippen LogP contribution is 2.19. The summed E-state index contributed by atoms with van der Waals surface area (Å²) in [5.41, 5.74) is 0.920.